The monoisotopic (exact) mass is 608 g/mol. The van der Waals surface area contributed by atoms with Crippen LogP contribution in [0.2, 0.25) is 0 Å². The Kier molecular flexibility index (Phi) is 10.4. The lowest BCUT2D eigenvalue weighted by molar-refractivity contribution is 0.602. The highest BCUT2D eigenvalue weighted by Gasteiger charge is 2.29. The standard InChI is InChI=1S/C30H36N4.2C2H6OS/c1-17-18(2)22-10-14-26(32-22)30(7,8)28-16-12-24(34-28)20(4)19(3)23-11-15-27(33-23)29(5,6)25-13-9-21(17)31-25;2*1-4(2)3/h9-16,31-34H,1-8H3;2*1-2H3/b18-17-,20-19-;;. The maximum Gasteiger partial charge on any atom is 0.0447 e. The zero-order valence-electron chi connectivity index (χ0n) is 27.3. The molecule has 1 aliphatic heterocycles. The van der Waals surface area contributed by atoms with Gasteiger partial charge in [0.25, 0.3) is 0 Å². The van der Waals surface area contributed by atoms with Gasteiger partial charge in [-0.25, -0.2) is 0 Å². The lowest BCUT2D eigenvalue weighted by atomic mass is 9.86. The zero-order valence-corrected chi connectivity index (χ0v) is 28.9. The fourth-order valence-corrected chi connectivity index (χ4v) is 5.01. The Morgan fingerprint density at radius 1 is 0.429 bits per heavy atom. The molecule has 228 valence electrons. The zero-order chi connectivity index (χ0) is 31.6. The van der Waals surface area contributed by atoms with Gasteiger partial charge in [-0.3, -0.25) is 8.42 Å². The third-order valence-corrected chi connectivity index (χ3v) is 8.18. The van der Waals surface area contributed by atoms with E-state index in [9.17, 15) is 8.42 Å². The molecule has 0 aromatic carbocycles. The average Bonchev–Trinajstić information content (AvgIpc) is 3.71. The lowest BCUT2D eigenvalue weighted by Gasteiger charge is -2.23. The molecule has 0 unspecified atom stereocenters. The average molecular weight is 609 g/mol. The molecular weight excluding hydrogens is 561 g/mol. The molecule has 0 spiro atoms. The molecule has 0 atom stereocenters. The molecule has 5 rings (SSSR count). The number of allylic oxidation sites excluding steroid dienone is 4. The normalized spacial score (nSPS) is 19.4. The predicted octanol–water partition coefficient (Wildman–Crippen LogP) is 7.85. The number of aromatic amines is 4. The van der Waals surface area contributed by atoms with Gasteiger partial charge in [-0.15, -0.1) is 0 Å². The first-order valence-electron chi connectivity index (χ1n) is 14.1. The summed E-state index contributed by atoms with van der Waals surface area (Å²) in [5.41, 5.74) is 14.1. The fraction of sp³-hybridized carbons (Fsp3) is 0.412. The van der Waals surface area contributed by atoms with E-state index >= 15 is 0 Å². The Hall–Kier alpha value is -3.10. The molecule has 0 saturated carbocycles. The van der Waals surface area contributed by atoms with Crippen molar-refractivity contribution in [3.63, 3.8) is 0 Å². The molecule has 1 aliphatic rings. The van der Waals surface area contributed by atoms with E-state index in [1.165, 1.54) is 45.1 Å². The van der Waals surface area contributed by atoms with Crippen LogP contribution in [0.25, 0.3) is 22.3 Å². The lowest BCUT2D eigenvalue weighted by Crippen LogP contribution is -2.20. The van der Waals surface area contributed by atoms with E-state index in [1.54, 1.807) is 25.0 Å². The van der Waals surface area contributed by atoms with Crippen LogP contribution in [0.15, 0.2) is 48.5 Å². The molecule has 8 heteroatoms. The van der Waals surface area contributed by atoms with Crippen molar-refractivity contribution in [1.82, 2.24) is 19.9 Å². The molecule has 0 aliphatic carbocycles. The van der Waals surface area contributed by atoms with E-state index in [0.717, 1.165) is 22.8 Å². The second kappa shape index (κ2) is 13.0. The van der Waals surface area contributed by atoms with Gasteiger partial charge in [-0.05, 0) is 126 Å². The van der Waals surface area contributed by atoms with Gasteiger partial charge in [0, 0.05) is 103 Å². The number of H-pyrrole nitrogens is 4. The van der Waals surface area contributed by atoms with Crippen LogP contribution in [0.5, 0.6) is 0 Å². The molecule has 4 N–H and O–H groups in total. The van der Waals surface area contributed by atoms with Gasteiger partial charge in [0.1, 0.15) is 0 Å². The van der Waals surface area contributed by atoms with E-state index in [0.29, 0.717) is 0 Å². The van der Waals surface area contributed by atoms with Crippen molar-refractivity contribution < 1.29 is 8.42 Å². The van der Waals surface area contributed by atoms with Crippen LogP contribution in [0.3, 0.4) is 0 Å². The second-order valence-electron chi connectivity index (χ2n) is 12.4. The van der Waals surface area contributed by atoms with Crippen LogP contribution in [0.1, 0.15) is 101 Å². The Morgan fingerprint density at radius 3 is 0.762 bits per heavy atom. The van der Waals surface area contributed by atoms with Crippen LogP contribution in [-0.4, -0.2) is 53.4 Å². The highest BCUT2D eigenvalue weighted by molar-refractivity contribution is 7.83. The Bertz CT molecular complexity index is 1420. The number of hydrogen-bond acceptors (Lipinski definition) is 2. The maximum absolute atomic E-state index is 9.56. The summed E-state index contributed by atoms with van der Waals surface area (Å²) in [4.78, 5) is 14.9. The SMILES string of the molecule is C/C1=C(\C)c2ccc([nH]2)C(C)(C)c2ccc([nH]2)/C(C)=C(/C)c2ccc([nH]2)C(C)(C)c2ccc1[nH]2.CS(C)=O.CS(C)=O. The van der Waals surface area contributed by atoms with Crippen LogP contribution in [0, 0.1) is 0 Å². The first-order valence-corrected chi connectivity index (χ1v) is 18.0. The maximum atomic E-state index is 9.56. The van der Waals surface area contributed by atoms with Crippen molar-refractivity contribution in [2.75, 3.05) is 25.0 Å². The molecule has 6 nitrogen and oxygen atoms in total. The van der Waals surface area contributed by atoms with Gasteiger partial charge in [-0.2, -0.15) is 0 Å². The molecule has 8 bridgehead atoms. The highest BCUT2D eigenvalue weighted by Crippen LogP contribution is 2.37. The summed E-state index contributed by atoms with van der Waals surface area (Å²) in [5.74, 6) is 0. The van der Waals surface area contributed by atoms with Gasteiger partial charge in [-0.1, -0.05) is 0 Å². The van der Waals surface area contributed by atoms with Crippen LogP contribution in [0.4, 0.5) is 0 Å². The number of nitrogens with one attached hydrogen (secondary N) is 4. The minimum Gasteiger partial charge on any atom is -0.358 e. The predicted molar refractivity (Wildman–Crippen MR) is 184 cm³/mol. The van der Waals surface area contributed by atoms with E-state index in [4.69, 9.17) is 0 Å². The van der Waals surface area contributed by atoms with E-state index in [1.807, 2.05) is 0 Å². The van der Waals surface area contributed by atoms with Gasteiger partial charge >= 0.3 is 0 Å². The van der Waals surface area contributed by atoms with E-state index in [-0.39, 0.29) is 10.8 Å². The summed E-state index contributed by atoms with van der Waals surface area (Å²) < 4.78 is 19.1. The molecule has 0 saturated heterocycles. The first kappa shape index (κ1) is 33.4. The number of aromatic nitrogens is 4. The number of fused-ring (bicyclic) bond motifs is 8. The van der Waals surface area contributed by atoms with E-state index in [2.05, 4.69) is 124 Å². The quantitative estimate of drug-likeness (QED) is 0.164. The summed E-state index contributed by atoms with van der Waals surface area (Å²) in [6.45, 7) is 17.9. The summed E-state index contributed by atoms with van der Waals surface area (Å²) >= 11 is 0. The number of hydrogen-bond donors (Lipinski definition) is 4. The van der Waals surface area contributed by atoms with Crippen molar-refractivity contribution >= 4 is 43.9 Å². The molecule has 4 aromatic heterocycles. The second-order valence-corrected chi connectivity index (χ2v) is 15.3. The largest absolute Gasteiger partial charge is 0.358 e. The fourth-order valence-electron chi connectivity index (χ4n) is 5.01. The Morgan fingerprint density at radius 2 is 0.595 bits per heavy atom. The molecule has 42 heavy (non-hydrogen) atoms. The van der Waals surface area contributed by atoms with E-state index < -0.39 is 21.6 Å². The minimum absolute atomic E-state index is 0.173. The smallest absolute Gasteiger partial charge is 0.0447 e. The Balaban J connectivity index is 0.000000540. The van der Waals surface area contributed by atoms with Gasteiger partial charge in [0.2, 0.25) is 0 Å². The summed E-state index contributed by atoms with van der Waals surface area (Å²) in [5, 5.41) is 0. The minimum atomic E-state index is -0.611. The van der Waals surface area contributed by atoms with Crippen LogP contribution in [-0.2, 0) is 32.4 Å². The molecule has 0 radical (unpaired) electrons. The van der Waals surface area contributed by atoms with Gasteiger partial charge in [0.15, 0.2) is 0 Å². The Labute approximate surface area is 256 Å². The van der Waals surface area contributed by atoms with Crippen molar-refractivity contribution in [2.24, 2.45) is 0 Å². The molecule has 5 heterocycles. The van der Waals surface area contributed by atoms with Gasteiger partial charge < -0.3 is 19.9 Å². The molecular formula is C34H48N4O2S2. The van der Waals surface area contributed by atoms with Crippen molar-refractivity contribution in [3.8, 4) is 0 Å². The highest BCUT2D eigenvalue weighted by atomic mass is 32.2. The summed E-state index contributed by atoms with van der Waals surface area (Å²) in [6, 6.07) is 17.7. The molecule has 4 aromatic rings. The van der Waals surface area contributed by atoms with Crippen molar-refractivity contribution in [3.05, 3.63) is 94.1 Å². The summed E-state index contributed by atoms with van der Waals surface area (Å²) in [7, 11) is -1.22. The van der Waals surface area contributed by atoms with Crippen LogP contribution >= 0.6 is 0 Å². The van der Waals surface area contributed by atoms with Crippen molar-refractivity contribution in [1.29, 1.82) is 0 Å². The molecule has 0 fully saturated rings. The topological polar surface area (TPSA) is 97.3 Å². The van der Waals surface area contributed by atoms with Crippen LogP contribution < -0.4 is 0 Å². The van der Waals surface area contributed by atoms with Gasteiger partial charge in [0.05, 0.1) is 0 Å². The third kappa shape index (κ3) is 7.27. The number of rotatable bonds is 0. The van der Waals surface area contributed by atoms with Crippen molar-refractivity contribution in [2.45, 2.75) is 66.2 Å². The molecule has 0 amide bonds. The first-order chi connectivity index (χ1) is 19.5. The summed E-state index contributed by atoms with van der Waals surface area (Å²) in [6.07, 6.45) is 6.56. The third-order valence-electron chi connectivity index (χ3n) is 8.18.